The third kappa shape index (κ3) is 2.12. The monoisotopic (exact) mass is 292 g/mol. The molecule has 0 radical (unpaired) electrons. The van der Waals surface area contributed by atoms with E-state index in [1.807, 2.05) is 24.3 Å². The number of nitro groups is 1. The molecule has 1 aromatic heterocycles. The lowest BCUT2D eigenvalue weighted by atomic mass is 10.1. The van der Waals surface area contributed by atoms with E-state index in [4.69, 9.17) is 16.3 Å². The smallest absolute Gasteiger partial charge is 0.348 e. The molecule has 3 rings (SSSR count). The number of ether oxygens (including phenoxy) is 1. The van der Waals surface area contributed by atoms with E-state index in [0.29, 0.717) is 6.61 Å². The summed E-state index contributed by atoms with van der Waals surface area (Å²) in [5.41, 5.74) is 0.593. The second-order valence-electron chi connectivity index (χ2n) is 4.16. The van der Waals surface area contributed by atoms with Gasteiger partial charge in [-0.3, -0.25) is 10.1 Å². The molecule has 0 fully saturated rings. The van der Waals surface area contributed by atoms with Crippen molar-refractivity contribution in [2.75, 3.05) is 11.9 Å². The largest absolute Gasteiger partial charge is 0.491 e. The summed E-state index contributed by atoms with van der Waals surface area (Å²) in [6.07, 6.45) is 1.18. The zero-order valence-corrected chi connectivity index (χ0v) is 10.9. The van der Waals surface area contributed by atoms with E-state index in [0.717, 1.165) is 11.3 Å². The highest BCUT2D eigenvalue weighted by molar-refractivity contribution is 6.31. The van der Waals surface area contributed by atoms with Gasteiger partial charge < -0.3 is 10.1 Å². The van der Waals surface area contributed by atoms with Gasteiger partial charge in [-0.1, -0.05) is 29.8 Å². The van der Waals surface area contributed by atoms with Crippen LogP contribution in [0.5, 0.6) is 5.75 Å². The molecule has 8 heteroatoms. The van der Waals surface area contributed by atoms with Crippen molar-refractivity contribution in [3.05, 3.63) is 51.4 Å². The van der Waals surface area contributed by atoms with Crippen LogP contribution in [0.4, 0.5) is 11.5 Å². The summed E-state index contributed by atoms with van der Waals surface area (Å²) in [4.78, 5) is 17.9. The zero-order chi connectivity index (χ0) is 14.1. The minimum absolute atomic E-state index is 0.0836. The Bertz CT molecular complexity index is 680. The molecule has 0 saturated heterocycles. The number of nitrogens with zero attached hydrogens (tertiary/aromatic N) is 3. The maximum absolute atomic E-state index is 11.0. The number of aromatic nitrogens is 2. The Hall–Kier alpha value is -2.41. The fourth-order valence-electron chi connectivity index (χ4n) is 2.07. The van der Waals surface area contributed by atoms with Gasteiger partial charge in [-0.15, -0.1) is 0 Å². The Kier molecular flexibility index (Phi) is 3.11. The average Bonchev–Trinajstić information content (AvgIpc) is 2.82. The van der Waals surface area contributed by atoms with Crippen LogP contribution in [0, 0.1) is 10.1 Å². The fourth-order valence-corrected chi connectivity index (χ4v) is 2.27. The predicted octanol–water partition coefficient (Wildman–Crippen LogP) is 2.58. The summed E-state index contributed by atoms with van der Waals surface area (Å²) >= 11 is 5.75. The number of fused-ring (bicyclic) bond motifs is 1. The quantitative estimate of drug-likeness (QED) is 0.531. The number of hydrogen-bond donors (Lipinski definition) is 1. The highest BCUT2D eigenvalue weighted by Crippen LogP contribution is 2.36. The van der Waals surface area contributed by atoms with Crippen molar-refractivity contribution >= 4 is 23.1 Å². The first-order valence-electron chi connectivity index (χ1n) is 5.80. The van der Waals surface area contributed by atoms with E-state index >= 15 is 0 Å². The van der Waals surface area contributed by atoms with E-state index < -0.39 is 4.92 Å². The molecule has 0 aliphatic carbocycles. The van der Waals surface area contributed by atoms with Crippen molar-refractivity contribution < 1.29 is 9.66 Å². The first kappa shape index (κ1) is 12.6. The Balaban J connectivity index is 1.94. The molecule has 2 heterocycles. The molecule has 1 unspecified atom stereocenters. The van der Waals surface area contributed by atoms with E-state index in [1.165, 1.54) is 6.33 Å². The first-order valence-corrected chi connectivity index (χ1v) is 6.18. The van der Waals surface area contributed by atoms with Crippen molar-refractivity contribution in [1.29, 1.82) is 0 Å². The molecule has 2 aromatic rings. The van der Waals surface area contributed by atoms with Crippen LogP contribution in [-0.2, 0) is 0 Å². The topological polar surface area (TPSA) is 90.2 Å². The van der Waals surface area contributed by atoms with Crippen LogP contribution < -0.4 is 10.1 Å². The van der Waals surface area contributed by atoms with Gasteiger partial charge in [0.25, 0.3) is 0 Å². The number of para-hydroxylation sites is 1. The van der Waals surface area contributed by atoms with Crippen LogP contribution >= 0.6 is 11.6 Å². The lowest BCUT2D eigenvalue weighted by Gasteiger charge is -2.12. The SMILES string of the molecule is O=[N+]([O-])c1c(Cl)ncnc1NC1COc2ccccc21. The molecular weight excluding hydrogens is 284 g/mol. The average molecular weight is 293 g/mol. The van der Waals surface area contributed by atoms with Crippen molar-refractivity contribution in [2.45, 2.75) is 6.04 Å². The van der Waals surface area contributed by atoms with Gasteiger partial charge in [0.05, 0.1) is 11.0 Å². The van der Waals surface area contributed by atoms with E-state index in [2.05, 4.69) is 15.3 Å². The number of rotatable bonds is 3. The van der Waals surface area contributed by atoms with Crippen molar-refractivity contribution in [2.24, 2.45) is 0 Å². The fraction of sp³-hybridized carbons (Fsp3) is 0.167. The van der Waals surface area contributed by atoms with Crippen molar-refractivity contribution in [3.63, 3.8) is 0 Å². The zero-order valence-electron chi connectivity index (χ0n) is 10.1. The van der Waals surface area contributed by atoms with Crippen LogP contribution in [-0.4, -0.2) is 21.5 Å². The normalized spacial score (nSPS) is 16.4. The van der Waals surface area contributed by atoms with Gasteiger partial charge in [-0.05, 0) is 6.07 Å². The van der Waals surface area contributed by atoms with E-state index in [-0.39, 0.29) is 22.7 Å². The minimum atomic E-state index is -0.605. The van der Waals surface area contributed by atoms with Gasteiger partial charge in [0.2, 0.25) is 11.0 Å². The highest BCUT2D eigenvalue weighted by atomic mass is 35.5. The lowest BCUT2D eigenvalue weighted by Crippen LogP contribution is -2.14. The van der Waals surface area contributed by atoms with Crippen LogP contribution in [0.25, 0.3) is 0 Å². The molecule has 1 atom stereocenters. The second-order valence-corrected chi connectivity index (χ2v) is 4.52. The minimum Gasteiger partial charge on any atom is -0.491 e. The van der Waals surface area contributed by atoms with Gasteiger partial charge >= 0.3 is 5.69 Å². The number of nitrogens with one attached hydrogen (secondary N) is 1. The summed E-state index contributed by atoms with van der Waals surface area (Å²) in [5.74, 6) is 0.841. The van der Waals surface area contributed by atoms with Crippen molar-refractivity contribution in [3.8, 4) is 5.75 Å². The molecule has 0 spiro atoms. The molecule has 1 aliphatic rings. The number of benzene rings is 1. The number of halogens is 1. The Labute approximate surface area is 118 Å². The molecule has 0 saturated carbocycles. The first-order chi connectivity index (χ1) is 9.66. The molecule has 1 aliphatic heterocycles. The molecule has 7 nitrogen and oxygen atoms in total. The summed E-state index contributed by atoms with van der Waals surface area (Å²) in [6.45, 7) is 0.373. The third-order valence-corrected chi connectivity index (χ3v) is 3.25. The van der Waals surface area contributed by atoms with Gasteiger partial charge in [0.1, 0.15) is 18.7 Å². The van der Waals surface area contributed by atoms with Gasteiger partial charge in [-0.25, -0.2) is 9.97 Å². The number of hydrogen-bond acceptors (Lipinski definition) is 6. The van der Waals surface area contributed by atoms with Crippen LogP contribution in [0.1, 0.15) is 11.6 Å². The highest BCUT2D eigenvalue weighted by Gasteiger charge is 2.28. The van der Waals surface area contributed by atoms with E-state index in [9.17, 15) is 10.1 Å². The Morgan fingerprint density at radius 1 is 1.40 bits per heavy atom. The van der Waals surface area contributed by atoms with Gasteiger partial charge in [0.15, 0.2) is 0 Å². The van der Waals surface area contributed by atoms with E-state index in [1.54, 1.807) is 0 Å². The molecule has 20 heavy (non-hydrogen) atoms. The molecule has 1 N–H and O–H groups in total. The Morgan fingerprint density at radius 3 is 3.00 bits per heavy atom. The van der Waals surface area contributed by atoms with Crippen LogP contribution in [0.15, 0.2) is 30.6 Å². The third-order valence-electron chi connectivity index (χ3n) is 2.97. The summed E-state index contributed by atoms with van der Waals surface area (Å²) < 4.78 is 5.51. The van der Waals surface area contributed by atoms with Crippen LogP contribution in [0.3, 0.4) is 0 Å². The molecular formula is C12H9ClN4O3. The standard InChI is InChI=1S/C12H9ClN4O3/c13-11-10(17(18)19)12(15-6-14-11)16-8-5-20-9-4-2-1-3-7(8)9/h1-4,6,8H,5H2,(H,14,15,16). The molecule has 102 valence electrons. The second kappa shape index (κ2) is 4.93. The predicted molar refractivity (Wildman–Crippen MR) is 72.0 cm³/mol. The lowest BCUT2D eigenvalue weighted by molar-refractivity contribution is -0.384. The van der Waals surface area contributed by atoms with Gasteiger partial charge in [-0.2, -0.15) is 0 Å². The van der Waals surface area contributed by atoms with Crippen molar-refractivity contribution in [1.82, 2.24) is 9.97 Å². The summed E-state index contributed by atoms with van der Waals surface area (Å²) in [5, 5.41) is 13.8. The van der Waals surface area contributed by atoms with Crippen LogP contribution in [0.2, 0.25) is 5.15 Å². The molecule has 1 aromatic carbocycles. The maximum atomic E-state index is 11.0. The molecule has 0 bridgehead atoms. The summed E-state index contributed by atoms with van der Waals surface area (Å²) in [7, 11) is 0. The Morgan fingerprint density at radius 2 is 2.20 bits per heavy atom. The molecule has 0 amide bonds. The van der Waals surface area contributed by atoms with Gasteiger partial charge in [0, 0.05) is 5.56 Å². The number of anilines is 1. The summed E-state index contributed by atoms with van der Waals surface area (Å²) in [6, 6.07) is 7.28. The maximum Gasteiger partial charge on any atom is 0.348 e.